The minimum absolute atomic E-state index is 0.249. The van der Waals surface area contributed by atoms with E-state index in [1.54, 1.807) is 12.4 Å². The molecule has 1 aliphatic heterocycles. The minimum Gasteiger partial charge on any atom is -0.351 e. The van der Waals surface area contributed by atoms with Gasteiger partial charge < -0.3 is 5.32 Å². The molecule has 2 N–H and O–H groups in total. The van der Waals surface area contributed by atoms with Crippen molar-refractivity contribution < 1.29 is 13.6 Å². The number of halogens is 2. The van der Waals surface area contributed by atoms with Crippen LogP contribution in [-0.4, -0.2) is 39.0 Å². The quantitative estimate of drug-likeness (QED) is 0.887. The standard InChI is InChI=1S/C15H17F2N5O/c1-10-18-4-5-22(10)13-3-2-11(7-19-13)8-20-14(23)12-6-15(16,17)9-21-12/h2-5,7,12,21H,6,8-9H2,1H3,(H,20,23). The Morgan fingerprint density at radius 3 is 2.87 bits per heavy atom. The van der Waals surface area contributed by atoms with E-state index < -0.39 is 30.8 Å². The molecular weight excluding hydrogens is 304 g/mol. The number of aryl methyl sites for hydroxylation is 1. The third-order valence-corrected chi connectivity index (χ3v) is 3.77. The number of hydrogen-bond acceptors (Lipinski definition) is 4. The lowest BCUT2D eigenvalue weighted by Gasteiger charge is -2.11. The largest absolute Gasteiger partial charge is 0.351 e. The molecule has 0 radical (unpaired) electrons. The molecule has 2 aromatic rings. The number of aromatic nitrogens is 3. The van der Waals surface area contributed by atoms with Gasteiger partial charge in [-0.25, -0.2) is 18.7 Å². The van der Waals surface area contributed by atoms with Crippen LogP contribution in [0, 0.1) is 6.92 Å². The molecular formula is C15H17F2N5O. The normalized spacial score (nSPS) is 19.7. The van der Waals surface area contributed by atoms with Crippen molar-refractivity contribution in [2.45, 2.75) is 31.9 Å². The first-order valence-electron chi connectivity index (χ1n) is 7.29. The van der Waals surface area contributed by atoms with Gasteiger partial charge in [-0.2, -0.15) is 0 Å². The van der Waals surface area contributed by atoms with Gasteiger partial charge in [-0.3, -0.25) is 14.7 Å². The highest BCUT2D eigenvalue weighted by atomic mass is 19.3. The van der Waals surface area contributed by atoms with Crippen LogP contribution >= 0.6 is 0 Å². The summed E-state index contributed by atoms with van der Waals surface area (Å²) in [7, 11) is 0. The van der Waals surface area contributed by atoms with Gasteiger partial charge in [-0.05, 0) is 18.6 Å². The SMILES string of the molecule is Cc1nccn1-c1ccc(CNC(=O)C2CC(F)(F)CN2)cn1. The molecule has 1 atom stereocenters. The third kappa shape index (κ3) is 3.53. The fourth-order valence-corrected chi connectivity index (χ4v) is 2.50. The molecule has 0 aliphatic carbocycles. The molecule has 6 nitrogen and oxygen atoms in total. The van der Waals surface area contributed by atoms with Crippen molar-refractivity contribution in [2.24, 2.45) is 0 Å². The van der Waals surface area contributed by atoms with Crippen LogP contribution in [0.15, 0.2) is 30.7 Å². The van der Waals surface area contributed by atoms with Crippen molar-refractivity contribution in [1.29, 1.82) is 0 Å². The van der Waals surface area contributed by atoms with E-state index in [2.05, 4.69) is 20.6 Å². The Morgan fingerprint density at radius 1 is 1.48 bits per heavy atom. The summed E-state index contributed by atoms with van der Waals surface area (Å²) in [5.74, 6) is -1.68. The van der Waals surface area contributed by atoms with Crippen molar-refractivity contribution in [1.82, 2.24) is 25.2 Å². The number of nitrogens with one attached hydrogen (secondary N) is 2. The van der Waals surface area contributed by atoms with Crippen LogP contribution in [0.4, 0.5) is 8.78 Å². The Balaban J connectivity index is 1.57. The van der Waals surface area contributed by atoms with Gasteiger partial charge in [0.05, 0.1) is 12.6 Å². The smallest absolute Gasteiger partial charge is 0.262 e. The summed E-state index contributed by atoms with van der Waals surface area (Å²) in [5, 5.41) is 5.18. The lowest BCUT2D eigenvalue weighted by molar-refractivity contribution is -0.123. The Morgan fingerprint density at radius 2 is 2.30 bits per heavy atom. The maximum Gasteiger partial charge on any atom is 0.262 e. The average molecular weight is 321 g/mol. The zero-order chi connectivity index (χ0) is 16.4. The molecule has 122 valence electrons. The fourth-order valence-electron chi connectivity index (χ4n) is 2.50. The number of imidazole rings is 1. The van der Waals surface area contributed by atoms with Gasteiger partial charge in [0.2, 0.25) is 5.91 Å². The van der Waals surface area contributed by atoms with E-state index in [-0.39, 0.29) is 6.54 Å². The number of nitrogens with zero attached hydrogens (tertiary/aromatic N) is 3. The molecule has 3 heterocycles. The average Bonchev–Trinajstić information content (AvgIpc) is 3.11. The second-order valence-electron chi connectivity index (χ2n) is 5.58. The van der Waals surface area contributed by atoms with E-state index in [4.69, 9.17) is 0 Å². The topological polar surface area (TPSA) is 71.8 Å². The second-order valence-corrected chi connectivity index (χ2v) is 5.58. The van der Waals surface area contributed by atoms with Gasteiger partial charge in [0.1, 0.15) is 11.6 Å². The molecule has 0 spiro atoms. The Labute approximate surface area is 131 Å². The highest BCUT2D eigenvalue weighted by Crippen LogP contribution is 2.25. The van der Waals surface area contributed by atoms with Crippen LogP contribution in [0.2, 0.25) is 0 Å². The van der Waals surface area contributed by atoms with Gasteiger partial charge in [0.15, 0.2) is 0 Å². The van der Waals surface area contributed by atoms with Crippen molar-refractivity contribution in [3.63, 3.8) is 0 Å². The van der Waals surface area contributed by atoms with Crippen LogP contribution < -0.4 is 10.6 Å². The number of pyridine rings is 1. The molecule has 1 unspecified atom stereocenters. The number of rotatable bonds is 4. The maximum absolute atomic E-state index is 13.1. The number of carbonyl (C=O) groups is 1. The van der Waals surface area contributed by atoms with Crippen molar-refractivity contribution >= 4 is 5.91 Å². The number of alkyl halides is 2. The Bertz CT molecular complexity index is 698. The molecule has 1 saturated heterocycles. The molecule has 23 heavy (non-hydrogen) atoms. The predicted molar refractivity (Wildman–Crippen MR) is 79.3 cm³/mol. The second kappa shape index (κ2) is 6.04. The van der Waals surface area contributed by atoms with Crippen LogP contribution in [-0.2, 0) is 11.3 Å². The van der Waals surface area contributed by atoms with E-state index in [1.165, 1.54) is 0 Å². The lowest BCUT2D eigenvalue weighted by Crippen LogP contribution is -2.40. The molecule has 1 amide bonds. The number of carbonyl (C=O) groups excluding carboxylic acids is 1. The van der Waals surface area contributed by atoms with Crippen molar-refractivity contribution in [3.8, 4) is 5.82 Å². The van der Waals surface area contributed by atoms with Crippen molar-refractivity contribution in [2.75, 3.05) is 6.54 Å². The van der Waals surface area contributed by atoms with Crippen LogP contribution in [0.3, 0.4) is 0 Å². The van der Waals surface area contributed by atoms with Crippen LogP contribution in [0.1, 0.15) is 17.8 Å². The predicted octanol–water partition coefficient (Wildman–Crippen LogP) is 1.19. The molecule has 0 saturated carbocycles. The van der Waals surface area contributed by atoms with Gasteiger partial charge in [-0.1, -0.05) is 6.07 Å². The van der Waals surface area contributed by atoms with Gasteiger partial charge in [0, 0.05) is 31.6 Å². The first kappa shape index (κ1) is 15.5. The zero-order valence-corrected chi connectivity index (χ0v) is 12.6. The van der Waals surface area contributed by atoms with Crippen LogP contribution in [0.5, 0.6) is 0 Å². The summed E-state index contributed by atoms with van der Waals surface area (Å²) in [6, 6.07) is 2.81. The minimum atomic E-state index is -2.81. The van der Waals surface area contributed by atoms with Gasteiger partial charge >= 0.3 is 0 Å². The lowest BCUT2D eigenvalue weighted by atomic mass is 10.2. The number of hydrogen-bond donors (Lipinski definition) is 2. The van der Waals surface area contributed by atoms with Gasteiger partial charge in [0.25, 0.3) is 5.92 Å². The first-order chi connectivity index (χ1) is 10.9. The molecule has 1 aliphatic rings. The van der Waals surface area contributed by atoms with Crippen LogP contribution in [0.25, 0.3) is 5.82 Å². The van der Waals surface area contributed by atoms with E-state index in [0.717, 1.165) is 17.2 Å². The molecule has 2 aromatic heterocycles. The maximum atomic E-state index is 13.1. The van der Waals surface area contributed by atoms with E-state index in [1.807, 2.05) is 29.8 Å². The zero-order valence-electron chi connectivity index (χ0n) is 12.6. The van der Waals surface area contributed by atoms with E-state index >= 15 is 0 Å². The first-order valence-corrected chi connectivity index (χ1v) is 7.29. The molecule has 3 rings (SSSR count). The van der Waals surface area contributed by atoms with Crippen molar-refractivity contribution in [3.05, 3.63) is 42.1 Å². The molecule has 0 bridgehead atoms. The van der Waals surface area contributed by atoms with Gasteiger partial charge in [-0.15, -0.1) is 0 Å². The fraction of sp³-hybridized carbons (Fsp3) is 0.400. The number of amides is 1. The highest BCUT2D eigenvalue weighted by molar-refractivity contribution is 5.82. The summed E-state index contributed by atoms with van der Waals surface area (Å²) in [4.78, 5) is 20.3. The summed E-state index contributed by atoms with van der Waals surface area (Å²) in [6.07, 6.45) is 4.68. The molecule has 1 fully saturated rings. The summed E-state index contributed by atoms with van der Waals surface area (Å²) in [5.41, 5.74) is 0.796. The Kier molecular flexibility index (Phi) is 4.08. The summed E-state index contributed by atoms with van der Waals surface area (Å²) >= 11 is 0. The summed E-state index contributed by atoms with van der Waals surface area (Å²) < 4.78 is 28.0. The highest BCUT2D eigenvalue weighted by Gasteiger charge is 2.42. The monoisotopic (exact) mass is 321 g/mol. The summed E-state index contributed by atoms with van der Waals surface area (Å²) in [6.45, 7) is 1.67. The van der Waals surface area contributed by atoms with E-state index in [9.17, 15) is 13.6 Å². The third-order valence-electron chi connectivity index (χ3n) is 3.77. The molecule has 0 aromatic carbocycles. The van der Waals surface area contributed by atoms with E-state index in [0.29, 0.717) is 0 Å². The Hall–Kier alpha value is -2.35. The molecule has 8 heteroatoms.